The second-order valence-electron chi connectivity index (χ2n) is 3.48. The summed E-state index contributed by atoms with van der Waals surface area (Å²) in [6.07, 6.45) is 3.84. The predicted octanol–water partition coefficient (Wildman–Crippen LogP) is 1.02. The first-order valence-corrected chi connectivity index (χ1v) is 5.14. The number of amides is 1. The van der Waals surface area contributed by atoms with Crippen LogP contribution in [0.4, 0.5) is 5.69 Å². The Balaban J connectivity index is 2.66. The van der Waals surface area contributed by atoms with Crippen LogP contribution >= 0.6 is 0 Å². The van der Waals surface area contributed by atoms with Crippen molar-refractivity contribution in [3.63, 3.8) is 0 Å². The Labute approximate surface area is 95.3 Å². The van der Waals surface area contributed by atoms with E-state index in [0.29, 0.717) is 18.7 Å². The molecule has 0 heterocycles. The summed E-state index contributed by atoms with van der Waals surface area (Å²) < 4.78 is 0. The van der Waals surface area contributed by atoms with Crippen LogP contribution in [0.5, 0.6) is 0 Å². The average molecular weight is 219 g/mol. The molecule has 0 saturated heterocycles. The van der Waals surface area contributed by atoms with E-state index < -0.39 is 5.91 Å². The zero-order chi connectivity index (χ0) is 12.0. The predicted molar refractivity (Wildman–Crippen MR) is 66.4 cm³/mol. The third kappa shape index (κ3) is 3.40. The van der Waals surface area contributed by atoms with Gasteiger partial charge in [-0.15, -0.1) is 0 Å². The molecule has 0 saturated carbocycles. The van der Waals surface area contributed by atoms with Crippen molar-refractivity contribution >= 4 is 11.6 Å². The molecule has 1 amide bonds. The van der Waals surface area contributed by atoms with Crippen molar-refractivity contribution in [3.8, 4) is 0 Å². The molecule has 0 aliphatic heterocycles. The smallest absolute Gasteiger partial charge is 0.248 e. The first kappa shape index (κ1) is 12.3. The van der Waals surface area contributed by atoms with Gasteiger partial charge in [0.05, 0.1) is 0 Å². The number of nitrogens with one attached hydrogen (secondary N) is 1. The maximum absolute atomic E-state index is 11.0. The highest BCUT2D eigenvalue weighted by molar-refractivity contribution is 5.94. The Morgan fingerprint density at radius 2 is 2.19 bits per heavy atom. The summed E-state index contributed by atoms with van der Waals surface area (Å²) in [4.78, 5) is 11.0. The van der Waals surface area contributed by atoms with E-state index >= 15 is 0 Å². The minimum Gasteiger partial charge on any atom is -0.382 e. The lowest BCUT2D eigenvalue weighted by atomic mass is 10.1. The maximum atomic E-state index is 11.0. The molecule has 1 rings (SSSR count). The van der Waals surface area contributed by atoms with Gasteiger partial charge in [-0.1, -0.05) is 12.2 Å². The minimum absolute atomic E-state index is 0.396. The maximum Gasteiger partial charge on any atom is 0.248 e. The standard InChI is InChI=1S/C12H17N3O/c1-9-8-10(15-7-3-2-6-13)4-5-11(9)12(14)16/h2-5,8,15H,6-7,13H2,1H3,(H2,14,16)/b3-2+. The van der Waals surface area contributed by atoms with Gasteiger partial charge >= 0.3 is 0 Å². The van der Waals surface area contributed by atoms with E-state index in [0.717, 1.165) is 11.3 Å². The number of carbonyl (C=O) groups excluding carboxylic acids is 1. The first-order chi connectivity index (χ1) is 7.65. The van der Waals surface area contributed by atoms with Crippen molar-refractivity contribution in [3.05, 3.63) is 41.5 Å². The zero-order valence-corrected chi connectivity index (χ0v) is 9.36. The minimum atomic E-state index is -0.396. The summed E-state index contributed by atoms with van der Waals surface area (Å²) in [6.45, 7) is 3.12. The number of hydrogen-bond donors (Lipinski definition) is 3. The van der Waals surface area contributed by atoms with E-state index in [1.54, 1.807) is 6.07 Å². The number of carbonyl (C=O) groups is 1. The largest absolute Gasteiger partial charge is 0.382 e. The van der Waals surface area contributed by atoms with Gasteiger partial charge in [0.2, 0.25) is 5.91 Å². The third-order valence-corrected chi connectivity index (χ3v) is 2.22. The fraction of sp³-hybridized carbons (Fsp3) is 0.250. The lowest BCUT2D eigenvalue weighted by molar-refractivity contribution is 0.1000. The van der Waals surface area contributed by atoms with E-state index in [1.165, 1.54) is 0 Å². The summed E-state index contributed by atoms with van der Waals surface area (Å²) >= 11 is 0. The first-order valence-electron chi connectivity index (χ1n) is 5.14. The lowest BCUT2D eigenvalue weighted by Crippen LogP contribution is -2.12. The van der Waals surface area contributed by atoms with Gasteiger partial charge in [0.15, 0.2) is 0 Å². The highest BCUT2D eigenvalue weighted by atomic mass is 16.1. The van der Waals surface area contributed by atoms with E-state index in [9.17, 15) is 4.79 Å². The molecule has 0 aliphatic rings. The van der Waals surface area contributed by atoms with Crippen molar-refractivity contribution in [2.75, 3.05) is 18.4 Å². The van der Waals surface area contributed by atoms with E-state index in [2.05, 4.69) is 5.32 Å². The molecule has 0 fully saturated rings. The van der Waals surface area contributed by atoms with Crippen LogP contribution in [0, 0.1) is 6.92 Å². The van der Waals surface area contributed by atoms with E-state index in [-0.39, 0.29) is 0 Å². The van der Waals surface area contributed by atoms with Crippen LogP contribution in [-0.2, 0) is 0 Å². The van der Waals surface area contributed by atoms with Gasteiger partial charge in [-0.05, 0) is 30.7 Å². The lowest BCUT2D eigenvalue weighted by Gasteiger charge is -2.07. The van der Waals surface area contributed by atoms with Crippen LogP contribution in [0.1, 0.15) is 15.9 Å². The highest BCUT2D eigenvalue weighted by Gasteiger charge is 2.04. The van der Waals surface area contributed by atoms with Gasteiger partial charge in [0.1, 0.15) is 0 Å². The monoisotopic (exact) mass is 219 g/mol. The Morgan fingerprint density at radius 3 is 2.75 bits per heavy atom. The zero-order valence-electron chi connectivity index (χ0n) is 9.36. The van der Waals surface area contributed by atoms with Gasteiger partial charge < -0.3 is 16.8 Å². The Bertz CT molecular complexity index is 399. The molecule has 1 aromatic carbocycles. The van der Waals surface area contributed by atoms with Gasteiger partial charge in [0, 0.05) is 24.3 Å². The van der Waals surface area contributed by atoms with Crippen molar-refractivity contribution in [1.82, 2.24) is 0 Å². The normalized spacial score (nSPS) is 10.6. The number of benzene rings is 1. The van der Waals surface area contributed by atoms with Crippen LogP contribution in [0.3, 0.4) is 0 Å². The third-order valence-electron chi connectivity index (χ3n) is 2.22. The fourth-order valence-electron chi connectivity index (χ4n) is 1.41. The Hall–Kier alpha value is -1.81. The summed E-state index contributed by atoms with van der Waals surface area (Å²) in [7, 11) is 0. The quantitative estimate of drug-likeness (QED) is 0.647. The second-order valence-corrected chi connectivity index (χ2v) is 3.48. The molecular weight excluding hydrogens is 202 g/mol. The number of rotatable bonds is 5. The number of anilines is 1. The number of nitrogens with two attached hydrogens (primary N) is 2. The second kappa shape index (κ2) is 5.92. The molecular formula is C12H17N3O. The van der Waals surface area contributed by atoms with Gasteiger partial charge in [-0.3, -0.25) is 4.79 Å². The number of hydrogen-bond acceptors (Lipinski definition) is 3. The van der Waals surface area contributed by atoms with Crippen molar-refractivity contribution in [1.29, 1.82) is 0 Å². The van der Waals surface area contributed by atoms with Crippen molar-refractivity contribution in [2.24, 2.45) is 11.5 Å². The topological polar surface area (TPSA) is 81.1 Å². The molecule has 4 heteroatoms. The number of aryl methyl sites for hydroxylation is 1. The fourth-order valence-corrected chi connectivity index (χ4v) is 1.41. The van der Waals surface area contributed by atoms with Crippen LogP contribution in [-0.4, -0.2) is 19.0 Å². The SMILES string of the molecule is Cc1cc(NC/C=C/CN)ccc1C(N)=O. The molecule has 5 N–H and O–H groups in total. The molecule has 0 bridgehead atoms. The van der Waals surface area contributed by atoms with Crippen LogP contribution in [0.2, 0.25) is 0 Å². The molecule has 1 aromatic rings. The molecule has 16 heavy (non-hydrogen) atoms. The van der Waals surface area contributed by atoms with Crippen molar-refractivity contribution in [2.45, 2.75) is 6.92 Å². The van der Waals surface area contributed by atoms with E-state index in [1.807, 2.05) is 31.2 Å². The Kier molecular flexibility index (Phi) is 4.54. The average Bonchev–Trinajstić information content (AvgIpc) is 2.24. The van der Waals surface area contributed by atoms with Gasteiger partial charge in [0.25, 0.3) is 0 Å². The van der Waals surface area contributed by atoms with Crippen molar-refractivity contribution < 1.29 is 4.79 Å². The van der Waals surface area contributed by atoms with Gasteiger partial charge in [-0.25, -0.2) is 0 Å². The summed E-state index contributed by atoms with van der Waals surface area (Å²) in [5.41, 5.74) is 12.9. The number of primary amides is 1. The van der Waals surface area contributed by atoms with Crippen LogP contribution in [0.25, 0.3) is 0 Å². The molecule has 0 spiro atoms. The van der Waals surface area contributed by atoms with Crippen LogP contribution < -0.4 is 16.8 Å². The van der Waals surface area contributed by atoms with E-state index in [4.69, 9.17) is 11.5 Å². The summed E-state index contributed by atoms with van der Waals surface area (Å²) in [5.74, 6) is -0.396. The molecule has 4 nitrogen and oxygen atoms in total. The Morgan fingerprint density at radius 1 is 1.44 bits per heavy atom. The summed E-state index contributed by atoms with van der Waals surface area (Å²) in [6, 6.07) is 5.46. The molecule has 0 atom stereocenters. The highest BCUT2D eigenvalue weighted by Crippen LogP contribution is 2.14. The molecule has 86 valence electrons. The van der Waals surface area contributed by atoms with Gasteiger partial charge in [-0.2, -0.15) is 0 Å². The molecule has 0 radical (unpaired) electrons. The molecule has 0 aromatic heterocycles. The van der Waals surface area contributed by atoms with Crippen LogP contribution in [0.15, 0.2) is 30.4 Å². The summed E-state index contributed by atoms with van der Waals surface area (Å²) in [5, 5.41) is 3.19. The molecule has 0 unspecified atom stereocenters. The molecule has 0 aliphatic carbocycles.